The molecule has 3 rings (SSSR count). The second kappa shape index (κ2) is 5.79. The number of nitrogens with two attached hydrogens (primary N) is 1. The minimum atomic E-state index is 0.747. The Hall–Kier alpha value is -1.36. The van der Waals surface area contributed by atoms with Gasteiger partial charge in [-0.15, -0.1) is 0 Å². The van der Waals surface area contributed by atoms with Gasteiger partial charge in [0.15, 0.2) is 0 Å². The summed E-state index contributed by atoms with van der Waals surface area (Å²) >= 11 is 0. The van der Waals surface area contributed by atoms with Gasteiger partial charge in [0.2, 0.25) is 0 Å². The van der Waals surface area contributed by atoms with E-state index in [4.69, 9.17) is 10.8 Å². The van der Waals surface area contributed by atoms with Crippen LogP contribution in [-0.2, 0) is 6.42 Å². The Balaban J connectivity index is 1.78. The van der Waals surface area contributed by atoms with Crippen LogP contribution >= 0.6 is 0 Å². The number of nitrogens with one attached hydrogen (secondary N) is 1. The van der Waals surface area contributed by atoms with Crippen LogP contribution in [-0.4, -0.2) is 23.6 Å². The highest BCUT2D eigenvalue weighted by molar-refractivity contribution is 5.57. The van der Waals surface area contributed by atoms with Gasteiger partial charge in [-0.1, -0.05) is 13.3 Å². The van der Waals surface area contributed by atoms with Gasteiger partial charge in [0.25, 0.3) is 0 Å². The second-order valence-corrected chi connectivity index (χ2v) is 6.75. The molecule has 1 heterocycles. The molecule has 3 unspecified atom stereocenters. The number of hydrogen-bond acceptors (Lipinski definition) is 5. The van der Waals surface area contributed by atoms with Gasteiger partial charge in [0.05, 0.1) is 0 Å². The maximum Gasteiger partial charge on any atom is 0.148 e. The van der Waals surface area contributed by atoms with Crippen LogP contribution in [0.4, 0.5) is 11.6 Å². The van der Waals surface area contributed by atoms with Gasteiger partial charge in [-0.05, 0) is 43.9 Å². The van der Waals surface area contributed by atoms with Crippen molar-refractivity contribution in [2.24, 2.45) is 23.6 Å². The molecule has 2 bridgehead atoms. The van der Waals surface area contributed by atoms with Crippen molar-refractivity contribution in [3.05, 3.63) is 11.4 Å². The number of nitrogens with zero attached hydrogens (tertiary/aromatic N) is 3. The van der Waals surface area contributed by atoms with Crippen LogP contribution in [0.3, 0.4) is 0 Å². The van der Waals surface area contributed by atoms with E-state index in [2.05, 4.69) is 29.3 Å². The quantitative estimate of drug-likeness (QED) is 0.644. The SMILES string of the molecule is CCc1nc(NN)c(C)c(N(C)CC2CC3CCC2C3)n1. The molecule has 2 saturated carbocycles. The number of rotatable bonds is 5. The Labute approximate surface area is 127 Å². The average Bonchev–Trinajstić information content (AvgIpc) is 3.10. The Bertz CT molecular complexity index is 516. The van der Waals surface area contributed by atoms with Crippen LogP contribution in [0.2, 0.25) is 0 Å². The van der Waals surface area contributed by atoms with Crippen LogP contribution in [0.5, 0.6) is 0 Å². The molecule has 1 aromatic rings. The number of fused-ring (bicyclic) bond motifs is 2. The Morgan fingerprint density at radius 1 is 1.29 bits per heavy atom. The van der Waals surface area contributed by atoms with E-state index in [1.807, 2.05) is 6.92 Å². The fourth-order valence-corrected chi connectivity index (χ4v) is 4.26. The standard InChI is InChI=1S/C16H27N5/c1-4-14-18-15(20-17)10(2)16(19-14)21(3)9-13-8-11-5-6-12(13)7-11/h11-13H,4-9,17H2,1-3H3,(H,18,19,20). The van der Waals surface area contributed by atoms with Crippen molar-refractivity contribution in [2.75, 3.05) is 23.9 Å². The third-order valence-electron chi connectivity index (χ3n) is 5.37. The fourth-order valence-electron chi connectivity index (χ4n) is 4.26. The largest absolute Gasteiger partial charge is 0.359 e. The molecule has 2 fully saturated rings. The minimum absolute atomic E-state index is 0.747. The Kier molecular flexibility index (Phi) is 4.02. The second-order valence-electron chi connectivity index (χ2n) is 6.75. The first-order valence-electron chi connectivity index (χ1n) is 8.17. The topological polar surface area (TPSA) is 67.1 Å². The highest BCUT2D eigenvalue weighted by Crippen LogP contribution is 2.48. The third-order valence-corrected chi connectivity index (χ3v) is 5.37. The lowest BCUT2D eigenvalue weighted by Gasteiger charge is -2.29. The maximum absolute atomic E-state index is 5.60. The highest BCUT2D eigenvalue weighted by Gasteiger charge is 2.39. The van der Waals surface area contributed by atoms with E-state index in [0.717, 1.165) is 53.7 Å². The van der Waals surface area contributed by atoms with Crippen molar-refractivity contribution in [3.63, 3.8) is 0 Å². The summed E-state index contributed by atoms with van der Waals surface area (Å²) < 4.78 is 0. The molecule has 0 aromatic carbocycles. The van der Waals surface area contributed by atoms with E-state index >= 15 is 0 Å². The molecular formula is C16H27N5. The Morgan fingerprint density at radius 3 is 2.67 bits per heavy atom. The molecule has 5 heteroatoms. The monoisotopic (exact) mass is 289 g/mol. The Morgan fingerprint density at radius 2 is 2.10 bits per heavy atom. The molecule has 3 atom stereocenters. The fraction of sp³-hybridized carbons (Fsp3) is 0.750. The van der Waals surface area contributed by atoms with E-state index in [1.54, 1.807) is 0 Å². The molecule has 116 valence electrons. The molecule has 5 nitrogen and oxygen atoms in total. The summed E-state index contributed by atoms with van der Waals surface area (Å²) in [4.78, 5) is 11.5. The normalized spacial score (nSPS) is 27.1. The van der Waals surface area contributed by atoms with E-state index in [0.29, 0.717) is 0 Å². The first-order valence-corrected chi connectivity index (χ1v) is 8.17. The molecule has 0 saturated heterocycles. The molecule has 0 radical (unpaired) electrons. The molecule has 21 heavy (non-hydrogen) atoms. The lowest BCUT2D eigenvalue weighted by atomic mass is 9.88. The van der Waals surface area contributed by atoms with Crippen molar-refractivity contribution < 1.29 is 0 Å². The zero-order chi connectivity index (χ0) is 15.0. The lowest BCUT2D eigenvalue weighted by molar-refractivity contribution is 0.337. The molecule has 2 aliphatic carbocycles. The van der Waals surface area contributed by atoms with E-state index < -0.39 is 0 Å². The summed E-state index contributed by atoms with van der Waals surface area (Å²) in [5.74, 6) is 11.0. The number of nitrogen functional groups attached to an aromatic ring is 1. The molecule has 0 spiro atoms. The smallest absolute Gasteiger partial charge is 0.148 e. The van der Waals surface area contributed by atoms with Crippen molar-refractivity contribution in [3.8, 4) is 0 Å². The number of hydrazine groups is 1. The molecule has 0 amide bonds. The van der Waals surface area contributed by atoms with Gasteiger partial charge in [-0.3, -0.25) is 0 Å². The summed E-state index contributed by atoms with van der Waals surface area (Å²) in [5, 5.41) is 0. The highest BCUT2D eigenvalue weighted by atomic mass is 15.3. The third kappa shape index (κ3) is 2.71. The van der Waals surface area contributed by atoms with Crippen molar-refractivity contribution in [1.82, 2.24) is 9.97 Å². The number of anilines is 2. The van der Waals surface area contributed by atoms with E-state index in [9.17, 15) is 0 Å². The van der Waals surface area contributed by atoms with Crippen LogP contribution in [0, 0.1) is 24.7 Å². The summed E-state index contributed by atoms with van der Waals surface area (Å²) in [6.07, 6.45) is 6.57. The maximum atomic E-state index is 5.60. The zero-order valence-corrected chi connectivity index (χ0v) is 13.4. The number of aromatic nitrogens is 2. The van der Waals surface area contributed by atoms with Crippen LogP contribution in [0.25, 0.3) is 0 Å². The van der Waals surface area contributed by atoms with Gasteiger partial charge >= 0.3 is 0 Å². The molecule has 2 aliphatic rings. The van der Waals surface area contributed by atoms with Crippen LogP contribution in [0.15, 0.2) is 0 Å². The summed E-state index contributed by atoms with van der Waals surface area (Å²) in [6.45, 7) is 5.22. The number of aryl methyl sites for hydroxylation is 1. The van der Waals surface area contributed by atoms with Crippen LogP contribution < -0.4 is 16.2 Å². The predicted octanol–water partition coefficient (Wildman–Crippen LogP) is 2.51. The molecule has 0 aliphatic heterocycles. The van der Waals surface area contributed by atoms with Crippen LogP contribution in [0.1, 0.15) is 44.0 Å². The van der Waals surface area contributed by atoms with Crippen molar-refractivity contribution in [1.29, 1.82) is 0 Å². The molecular weight excluding hydrogens is 262 g/mol. The lowest BCUT2D eigenvalue weighted by Crippen LogP contribution is -2.30. The van der Waals surface area contributed by atoms with Gasteiger partial charge in [0.1, 0.15) is 17.5 Å². The van der Waals surface area contributed by atoms with Crippen molar-refractivity contribution >= 4 is 11.6 Å². The van der Waals surface area contributed by atoms with E-state index in [1.165, 1.54) is 25.7 Å². The van der Waals surface area contributed by atoms with Gasteiger partial charge in [-0.25, -0.2) is 15.8 Å². The molecule has 3 N–H and O–H groups in total. The van der Waals surface area contributed by atoms with Crippen molar-refractivity contribution in [2.45, 2.75) is 46.0 Å². The van der Waals surface area contributed by atoms with Gasteiger partial charge in [-0.2, -0.15) is 0 Å². The van der Waals surface area contributed by atoms with Gasteiger partial charge in [0, 0.05) is 25.6 Å². The minimum Gasteiger partial charge on any atom is -0.359 e. The summed E-state index contributed by atoms with van der Waals surface area (Å²) in [7, 11) is 2.15. The number of hydrogen-bond donors (Lipinski definition) is 2. The molecule has 1 aromatic heterocycles. The van der Waals surface area contributed by atoms with E-state index in [-0.39, 0.29) is 0 Å². The van der Waals surface area contributed by atoms with Gasteiger partial charge < -0.3 is 10.3 Å². The summed E-state index contributed by atoms with van der Waals surface area (Å²) in [5.41, 5.74) is 3.75. The first kappa shape index (κ1) is 14.6. The first-order chi connectivity index (χ1) is 10.1. The predicted molar refractivity (Wildman–Crippen MR) is 86.2 cm³/mol. The average molecular weight is 289 g/mol. The zero-order valence-electron chi connectivity index (χ0n) is 13.4. The summed E-state index contributed by atoms with van der Waals surface area (Å²) in [6, 6.07) is 0.